The molecule has 2 aromatic rings. The van der Waals surface area contributed by atoms with Gasteiger partial charge < -0.3 is 19.0 Å². The molecule has 132 valence electrons. The SMILES string of the molecule is CN1CCC(c2ccc(Cl)cc2)c2cc(N3CCOCC3)oc2C1=O. The molecule has 1 aromatic carbocycles. The maximum atomic E-state index is 12.7. The molecule has 6 heteroatoms. The second-order valence-corrected chi connectivity index (χ2v) is 7.02. The van der Waals surface area contributed by atoms with E-state index in [-0.39, 0.29) is 11.8 Å². The second kappa shape index (κ2) is 6.73. The van der Waals surface area contributed by atoms with Gasteiger partial charge in [-0.1, -0.05) is 23.7 Å². The maximum Gasteiger partial charge on any atom is 0.289 e. The Morgan fingerprint density at radius 2 is 1.84 bits per heavy atom. The van der Waals surface area contributed by atoms with Crippen LogP contribution in [0.3, 0.4) is 0 Å². The van der Waals surface area contributed by atoms with Crippen molar-refractivity contribution in [1.82, 2.24) is 4.90 Å². The van der Waals surface area contributed by atoms with Crippen molar-refractivity contribution < 1.29 is 13.9 Å². The molecule has 2 aliphatic heterocycles. The van der Waals surface area contributed by atoms with Gasteiger partial charge in [-0.3, -0.25) is 4.79 Å². The number of morpholine rings is 1. The van der Waals surface area contributed by atoms with Crippen LogP contribution in [0.25, 0.3) is 0 Å². The number of anilines is 1. The molecule has 1 aromatic heterocycles. The molecular weight excluding hydrogens is 340 g/mol. The third-order valence-corrected chi connectivity index (χ3v) is 5.26. The molecule has 0 radical (unpaired) electrons. The van der Waals surface area contributed by atoms with E-state index in [4.69, 9.17) is 20.8 Å². The van der Waals surface area contributed by atoms with Crippen LogP contribution < -0.4 is 4.90 Å². The summed E-state index contributed by atoms with van der Waals surface area (Å²) in [6.45, 7) is 3.62. The lowest BCUT2D eigenvalue weighted by atomic mass is 9.89. The number of ether oxygens (including phenoxy) is 1. The first-order chi connectivity index (χ1) is 12.1. The number of carbonyl (C=O) groups excluding carboxylic acids is 1. The highest BCUT2D eigenvalue weighted by Gasteiger charge is 2.32. The first-order valence-electron chi connectivity index (χ1n) is 8.61. The highest BCUT2D eigenvalue weighted by molar-refractivity contribution is 6.30. The van der Waals surface area contributed by atoms with Crippen molar-refractivity contribution in [3.05, 3.63) is 52.2 Å². The fourth-order valence-corrected chi connectivity index (χ4v) is 3.68. The summed E-state index contributed by atoms with van der Waals surface area (Å²) in [5.41, 5.74) is 2.13. The standard InChI is InChI=1S/C19H21ClN2O3/c1-21-7-6-15(13-2-4-14(20)5-3-13)16-12-17(25-18(16)19(21)23)22-8-10-24-11-9-22/h2-5,12,15H,6-11H2,1H3. The molecule has 0 N–H and O–H groups in total. The summed E-state index contributed by atoms with van der Waals surface area (Å²) in [5, 5.41) is 0.715. The van der Waals surface area contributed by atoms with Crippen LogP contribution in [0, 0.1) is 0 Å². The minimum Gasteiger partial charge on any atom is -0.435 e. The van der Waals surface area contributed by atoms with Crippen LogP contribution in [0.15, 0.2) is 34.7 Å². The molecule has 1 atom stereocenters. The van der Waals surface area contributed by atoms with Gasteiger partial charge in [0, 0.05) is 49.3 Å². The van der Waals surface area contributed by atoms with Gasteiger partial charge in [0.1, 0.15) is 0 Å². The van der Waals surface area contributed by atoms with Crippen LogP contribution in [-0.2, 0) is 4.74 Å². The molecule has 1 unspecified atom stereocenters. The topological polar surface area (TPSA) is 45.9 Å². The van der Waals surface area contributed by atoms with Crippen molar-refractivity contribution >= 4 is 23.4 Å². The molecule has 0 spiro atoms. The van der Waals surface area contributed by atoms with Crippen molar-refractivity contribution in [2.24, 2.45) is 0 Å². The number of hydrogen-bond acceptors (Lipinski definition) is 4. The van der Waals surface area contributed by atoms with Crippen LogP contribution >= 0.6 is 11.6 Å². The number of benzene rings is 1. The largest absolute Gasteiger partial charge is 0.435 e. The molecule has 1 amide bonds. The van der Waals surface area contributed by atoms with E-state index in [1.54, 1.807) is 4.90 Å². The Morgan fingerprint density at radius 1 is 1.12 bits per heavy atom. The quantitative estimate of drug-likeness (QED) is 0.823. The van der Waals surface area contributed by atoms with E-state index in [0.717, 1.165) is 36.5 Å². The summed E-state index contributed by atoms with van der Waals surface area (Å²) in [4.78, 5) is 16.6. The minimum atomic E-state index is -0.0500. The number of furan rings is 1. The molecule has 5 nitrogen and oxygen atoms in total. The summed E-state index contributed by atoms with van der Waals surface area (Å²) >= 11 is 6.04. The smallest absolute Gasteiger partial charge is 0.289 e. The first-order valence-corrected chi connectivity index (χ1v) is 8.98. The van der Waals surface area contributed by atoms with Gasteiger partial charge in [-0.05, 0) is 24.1 Å². The molecule has 4 rings (SSSR count). The minimum absolute atomic E-state index is 0.0500. The average molecular weight is 361 g/mol. The van der Waals surface area contributed by atoms with Gasteiger partial charge in [0.25, 0.3) is 5.91 Å². The zero-order chi connectivity index (χ0) is 17.4. The molecule has 1 fully saturated rings. The van der Waals surface area contributed by atoms with Gasteiger partial charge in [-0.15, -0.1) is 0 Å². The Labute approximate surface area is 152 Å². The Hall–Kier alpha value is -1.98. The van der Waals surface area contributed by atoms with Crippen molar-refractivity contribution in [3.8, 4) is 0 Å². The molecule has 0 saturated carbocycles. The Morgan fingerprint density at radius 3 is 2.56 bits per heavy atom. The summed E-state index contributed by atoms with van der Waals surface area (Å²) in [5.74, 6) is 1.29. The van der Waals surface area contributed by atoms with Crippen molar-refractivity contribution in [1.29, 1.82) is 0 Å². The number of halogens is 1. The molecular formula is C19H21ClN2O3. The normalized spacial score (nSPS) is 21.2. The van der Waals surface area contributed by atoms with Gasteiger partial charge in [0.15, 0.2) is 11.6 Å². The van der Waals surface area contributed by atoms with E-state index in [9.17, 15) is 4.79 Å². The van der Waals surface area contributed by atoms with Crippen LogP contribution in [0.2, 0.25) is 5.02 Å². The lowest BCUT2D eigenvalue weighted by molar-refractivity contribution is 0.0768. The van der Waals surface area contributed by atoms with Crippen LogP contribution in [0.5, 0.6) is 0 Å². The summed E-state index contributed by atoms with van der Waals surface area (Å²) < 4.78 is 11.4. The Bertz CT molecular complexity index is 765. The third kappa shape index (κ3) is 3.14. The van der Waals surface area contributed by atoms with Gasteiger partial charge in [-0.25, -0.2) is 0 Å². The summed E-state index contributed by atoms with van der Waals surface area (Å²) in [6.07, 6.45) is 0.860. The fourth-order valence-electron chi connectivity index (χ4n) is 3.55. The van der Waals surface area contributed by atoms with Gasteiger partial charge >= 0.3 is 0 Å². The lowest BCUT2D eigenvalue weighted by Gasteiger charge is -2.26. The second-order valence-electron chi connectivity index (χ2n) is 6.59. The Balaban J connectivity index is 1.75. The van der Waals surface area contributed by atoms with E-state index in [0.29, 0.717) is 30.5 Å². The highest BCUT2D eigenvalue weighted by Crippen LogP contribution is 2.38. The van der Waals surface area contributed by atoms with Crippen molar-refractivity contribution in [2.75, 3.05) is 44.8 Å². The molecule has 1 saturated heterocycles. The van der Waals surface area contributed by atoms with E-state index < -0.39 is 0 Å². The van der Waals surface area contributed by atoms with Crippen molar-refractivity contribution in [3.63, 3.8) is 0 Å². The third-order valence-electron chi connectivity index (χ3n) is 5.01. The monoisotopic (exact) mass is 360 g/mol. The highest BCUT2D eigenvalue weighted by atomic mass is 35.5. The van der Waals surface area contributed by atoms with Gasteiger partial charge in [0.05, 0.1) is 13.2 Å². The predicted molar refractivity (Wildman–Crippen MR) is 96.6 cm³/mol. The van der Waals surface area contributed by atoms with E-state index in [2.05, 4.69) is 4.90 Å². The van der Waals surface area contributed by atoms with E-state index in [1.165, 1.54) is 0 Å². The number of hydrogen-bond donors (Lipinski definition) is 0. The van der Waals surface area contributed by atoms with E-state index >= 15 is 0 Å². The molecule has 3 heterocycles. The maximum absolute atomic E-state index is 12.7. The lowest BCUT2D eigenvalue weighted by Crippen LogP contribution is -2.36. The summed E-state index contributed by atoms with van der Waals surface area (Å²) in [6, 6.07) is 9.91. The van der Waals surface area contributed by atoms with Gasteiger partial charge in [0.2, 0.25) is 0 Å². The van der Waals surface area contributed by atoms with Crippen LogP contribution in [-0.4, -0.2) is 50.7 Å². The van der Waals surface area contributed by atoms with Crippen molar-refractivity contribution in [2.45, 2.75) is 12.3 Å². The number of rotatable bonds is 2. The first kappa shape index (κ1) is 16.5. The number of amides is 1. The number of carbonyl (C=O) groups is 1. The predicted octanol–water partition coefficient (Wildman–Crippen LogP) is 3.38. The van der Waals surface area contributed by atoms with E-state index in [1.807, 2.05) is 37.4 Å². The molecule has 25 heavy (non-hydrogen) atoms. The molecule has 0 aliphatic carbocycles. The molecule has 2 aliphatic rings. The number of nitrogens with zero attached hydrogens (tertiary/aromatic N) is 2. The van der Waals surface area contributed by atoms with Crippen LogP contribution in [0.4, 0.5) is 5.88 Å². The zero-order valence-corrected chi connectivity index (χ0v) is 15.0. The fraction of sp³-hybridized carbons (Fsp3) is 0.421. The van der Waals surface area contributed by atoms with Gasteiger partial charge in [-0.2, -0.15) is 0 Å². The molecule has 0 bridgehead atoms. The summed E-state index contributed by atoms with van der Waals surface area (Å²) in [7, 11) is 1.83. The van der Waals surface area contributed by atoms with Crippen LogP contribution in [0.1, 0.15) is 34.0 Å². The Kier molecular flexibility index (Phi) is 4.44. The average Bonchev–Trinajstić information content (AvgIpc) is 3.04. The number of fused-ring (bicyclic) bond motifs is 1. The zero-order valence-electron chi connectivity index (χ0n) is 14.2.